The van der Waals surface area contributed by atoms with Gasteiger partial charge in [0.2, 0.25) is 0 Å². The Morgan fingerprint density at radius 1 is 1.08 bits per heavy atom. The summed E-state index contributed by atoms with van der Waals surface area (Å²) in [6.07, 6.45) is 0. The fraction of sp³-hybridized carbons (Fsp3) is 0.222. The van der Waals surface area contributed by atoms with E-state index in [0.717, 1.165) is 17.7 Å². The number of hydrogen-bond donors (Lipinski definition) is 1. The summed E-state index contributed by atoms with van der Waals surface area (Å²) in [5.74, 6) is -2.62. The van der Waals surface area contributed by atoms with E-state index in [4.69, 9.17) is 9.47 Å². The van der Waals surface area contributed by atoms with Crippen LogP contribution in [0.15, 0.2) is 42.5 Å². The smallest absolute Gasteiger partial charge is 0.338 e. The van der Waals surface area contributed by atoms with E-state index < -0.39 is 30.1 Å². The van der Waals surface area contributed by atoms with E-state index in [1.54, 1.807) is 38.3 Å². The van der Waals surface area contributed by atoms with Gasteiger partial charge in [-0.2, -0.15) is 0 Å². The quantitative estimate of drug-likeness (QED) is 0.815. The van der Waals surface area contributed by atoms with Gasteiger partial charge in [0.05, 0.1) is 18.7 Å². The lowest BCUT2D eigenvalue weighted by atomic mass is 10.1. The molecule has 0 radical (unpaired) electrons. The fourth-order valence-corrected chi connectivity index (χ4v) is 2.15. The third-order valence-electron chi connectivity index (χ3n) is 3.43. The Labute approximate surface area is 143 Å². The van der Waals surface area contributed by atoms with Crippen LogP contribution in [0.4, 0.5) is 8.78 Å². The zero-order chi connectivity index (χ0) is 18.4. The summed E-state index contributed by atoms with van der Waals surface area (Å²) in [5.41, 5.74) is 0.543. The number of ether oxygens (including phenoxy) is 2. The average molecular weight is 349 g/mol. The Kier molecular flexibility index (Phi) is 6.05. The first-order chi connectivity index (χ1) is 11.9. The summed E-state index contributed by atoms with van der Waals surface area (Å²) < 4.78 is 36.0. The van der Waals surface area contributed by atoms with E-state index in [0.29, 0.717) is 11.8 Å². The van der Waals surface area contributed by atoms with Gasteiger partial charge in [0.25, 0.3) is 5.91 Å². The van der Waals surface area contributed by atoms with Crippen molar-refractivity contribution < 1.29 is 27.8 Å². The summed E-state index contributed by atoms with van der Waals surface area (Å²) in [4.78, 5) is 23.6. The van der Waals surface area contributed by atoms with Crippen molar-refractivity contribution in [2.45, 2.75) is 13.0 Å². The molecule has 1 unspecified atom stereocenters. The lowest BCUT2D eigenvalue weighted by molar-refractivity contribution is -0.124. The first-order valence-electron chi connectivity index (χ1n) is 7.45. The molecule has 2 rings (SSSR count). The predicted octanol–water partition coefficient (Wildman–Crippen LogP) is 3.01. The molecule has 1 atom stereocenters. The van der Waals surface area contributed by atoms with Gasteiger partial charge >= 0.3 is 5.97 Å². The lowest BCUT2D eigenvalue weighted by Gasteiger charge is -2.15. The minimum atomic E-state index is -0.981. The molecular weight excluding hydrogens is 332 g/mol. The second-order valence-electron chi connectivity index (χ2n) is 5.30. The van der Waals surface area contributed by atoms with Gasteiger partial charge in [0.1, 0.15) is 17.4 Å². The molecule has 0 saturated heterocycles. The molecule has 1 amide bonds. The SMILES string of the molecule is COc1ccc(C(C)NC(=O)COC(=O)c2cc(F)cc(F)c2)cc1. The first-order valence-corrected chi connectivity index (χ1v) is 7.45. The maximum atomic E-state index is 13.1. The van der Waals surface area contributed by atoms with Crippen LogP contribution in [-0.2, 0) is 9.53 Å². The van der Waals surface area contributed by atoms with E-state index >= 15 is 0 Å². The average Bonchev–Trinajstić information content (AvgIpc) is 2.58. The summed E-state index contributed by atoms with van der Waals surface area (Å²) in [6.45, 7) is 1.21. The zero-order valence-corrected chi connectivity index (χ0v) is 13.7. The van der Waals surface area contributed by atoms with Crippen LogP contribution < -0.4 is 10.1 Å². The molecule has 0 fully saturated rings. The number of halogens is 2. The molecule has 2 aromatic carbocycles. The third kappa shape index (κ3) is 5.27. The highest BCUT2D eigenvalue weighted by molar-refractivity contribution is 5.91. The number of carbonyl (C=O) groups excluding carboxylic acids is 2. The lowest BCUT2D eigenvalue weighted by Crippen LogP contribution is -2.31. The van der Waals surface area contributed by atoms with Crippen molar-refractivity contribution >= 4 is 11.9 Å². The topological polar surface area (TPSA) is 64.6 Å². The van der Waals surface area contributed by atoms with Crippen LogP contribution in [0.1, 0.15) is 28.9 Å². The maximum Gasteiger partial charge on any atom is 0.338 e. The standard InChI is InChI=1S/C18H17F2NO4/c1-11(12-3-5-16(24-2)6-4-12)21-17(22)10-25-18(23)13-7-14(19)9-15(20)8-13/h3-9,11H,10H2,1-2H3,(H,21,22). The zero-order valence-electron chi connectivity index (χ0n) is 13.7. The number of hydrogen-bond acceptors (Lipinski definition) is 4. The van der Waals surface area contributed by atoms with Gasteiger partial charge in [-0.25, -0.2) is 13.6 Å². The highest BCUT2D eigenvalue weighted by atomic mass is 19.1. The molecule has 5 nitrogen and oxygen atoms in total. The van der Waals surface area contributed by atoms with Crippen molar-refractivity contribution in [2.24, 2.45) is 0 Å². The molecule has 0 heterocycles. The minimum absolute atomic E-state index is 0.298. The van der Waals surface area contributed by atoms with Gasteiger partial charge in [-0.05, 0) is 36.8 Å². The molecule has 7 heteroatoms. The van der Waals surface area contributed by atoms with Gasteiger partial charge in [0.15, 0.2) is 6.61 Å². The summed E-state index contributed by atoms with van der Waals surface area (Å²) in [5, 5.41) is 2.66. The Hall–Kier alpha value is -2.96. The van der Waals surface area contributed by atoms with Crippen molar-refractivity contribution in [3.05, 3.63) is 65.2 Å². The number of carbonyl (C=O) groups is 2. The van der Waals surface area contributed by atoms with Gasteiger partial charge in [-0.1, -0.05) is 12.1 Å². The number of nitrogens with one attached hydrogen (secondary N) is 1. The molecule has 0 spiro atoms. The third-order valence-corrected chi connectivity index (χ3v) is 3.43. The van der Waals surface area contributed by atoms with Crippen LogP contribution in [0.25, 0.3) is 0 Å². The van der Waals surface area contributed by atoms with E-state index in [1.807, 2.05) is 0 Å². The number of methoxy groups -OCH3 is 1. The van der Waals surface area contributed by atoms with Crippen LogP contribution >= 0.6 is 0 Å². The molecule has 0 bridgehead atoms. The van der Waals surface area contributed by atoms with Crippen LogP contribution in [0, 0.1) is 11.6 Å². The molecule has 0 saturated carbocycles. The normalized spacial score (nSPS) is 11.5. The largest absolute Gasteiger partial charge is 0.497 e. The van der Waals surface area contributed by atoms with Crippen molar-refractivity contribution in [2.75, 3.05) is 13.7 Å². The van der Waals surface area contributed by atoms with Crippen LogP contribution in [0.5, 0.6) is 5.75 Å². The Morgan fingerprint density at radius 3 is 2.24 bits per heavy atom. The number of esters is 1. The van der Waals surface area contributed by atoms with Gasteiger partial charge < -0.3 is 14.8 Å². The van der Waals surface area contributed by atoms with Gasteiger partial charge in [-0.3, -0.25) is 4.79 Å². The number of amides is 1. The molecule has 25 heavy (non-hydrogen) atoms. The Morgan fingerprint density at radius 2 is 1.68 bits per heavy atom. The van der Waals surface area contributed by atoms with Crippen LogP contribution in [0.3, 0.4) is 0 Å². The minimum Gasteiger partial charge on any atom is -0.497 e. The summed E-state index contributed by atoms with van der Waals surface area (Å²) in [6, 6.07) is 9.11. The molecule has 0 aliphatic heterocycles. The van der Waals surface area contributed by atoms with E-state index in [9.17, 15) is 18.4 Å². The Bertz CT molecular complexity index is 742. The molecule has 1 N–H and O–H groups in total. The monoisotopic (exact) mass is 349 g/mol. The fourth-order valence-electron chi connectivity index (χ4n) is 2.15. The van der Waals surface area contributed by atoms with Crippen molar-refractivity contribution in [3.63, 3.8) is 0 Å². The van der Waals surface area contributed by atoms with E-state index in [2.05, 4.69) is 5.32 Å². The summed E-state index contributed by atoms with van der Waals surface area (Å²) >= 11 is 0. The molecule has 0 aromatic heterocycles. The second kappa shape index (κ2) is 8.23. The van der Waals surface area contributed by atoms with Gasteiger partial charge in [-0.15, -0.1) is 0 Å². The number of rotatable bonds is 6. The highest BCUT2D eigenvalue weighted by Gasteiger charge is 2.14. The first kappa shape index (κ1) is 18.4. The van der Waals surface area contributed by atoms with E-state index in [-0.39, 0.29) is 11.6 Å². The molecule has 132 valence electrons. The molecule has 0 aliphatic carbocycles. The number of benzene rings is 2. The summed E-state index contributed by atoms with van der Waals surface area (Å²) in [7, 11) is 1.55. The molecule has 2 aromatic rings. The maximum absolute atomic E-state index is 13.1. The van der Waals surface area contributed by atoms with Crippen LogP contribution in [-0.4, -0.2) is 25.6 Å². The van der Waals surface area contributed by atoms with Crippen molar-refractivity contribution in [1.29, 1.82) is 0 Å². The molecular formula is C18H17F2NO4. The van der Waals surface area contributed by atoms with Gasteiger partial charge in [0, 0.05) is 6.07 Å². The molecule has 0 aliphatic rings. The predicted molar refractivity (Wildman–Crippen MR) is 86.2 cm³/mol. The van der Waals surface area contributed by atoms with Crippen LogP contribution in [0.2, 0.25) is 0 Å². The second-order valence-corrected chi connectivity index (χ2v) is 5.30. The highest BCUT2D eigenvalue weighted by Crippen LogP contribution is 2.17. The Balaban J connectivity index is 1.87. The van der Waals surface area contributed by atoms with Crippen molar-refractivity contribution in [1.82, 2.24) is 5.32 Å². The van der Waals surface area contributed by atoms with Crippen molar-refractivity contribution in [3.8, 4) is 5.75 Å². The van der Waals surface area contributed by atoms with E-state index in [1.165, 1.54) is 0 Å².